The summed E-state index contributed by atoms with van der Waals surface area (Å²) in [7, 11) is 0. The number of pyridine rings is 1. The van der Waals surface area contributed by atoms with Crippen molar-refractivity contribution < 1.29 is 4.79 Å². The van der Waals surface area contributed by atoms with Crippen molar-refractivity contribution >= 4 is 57.8 Å². The fourth-order valence-corrected chi connectivity index (χ4v) is 5.30. The van der Waals surface area contributed by atoms with Crippen LogP contribution < -0.4 is 15.5 Å². The highest BCUT2D eigenvalue weighted by Crippen LogP contribution is 2.43. The smallest absolute Gasteiger partial charge is 0.226 e. The molecule has 0 saturated carbocycles. The van der Waals surface area contributed by atoms with Crippen molar-refractivity contribution in [2.75, 3.05) is 10.2 Å². The van der Waals surface area contributed by atoms with Crippen LogP contribution in [-0.4, -0.2) is 20.6 Å². The number of carbonyl (C=O) groups excluding carboxylic acids is 1. The van der Waals surface area contributed by atoms with Crippen LogP contribution >= 0.6 is 35.4 Å². The Morgan fingerprint density at radius 2 is 1.82 bits per heavy atom. The summed E-state index contributed by atoms with van der Waals surface area (Å²) in [5.41, 5.74) is 5.24. The highest BCUT2D eigenvalue weighted by Gasteiger charge is 2.42. The van der Waals surface area contributed by atoms with Gasteiger partial charge in [-0.1, -0.05) is 43.1 Å². The van der Waals surface area contributed by atoms with Crippen molar-refractivity contribution in [3.8, 4) is 5.69 Å². The molecule has 0 unspecified atom stereocenters. The van der Waals surface area contributed by atoms with E-state index in [1.54, 1.807) is 6.20 Å². The minimum absolute atomic E-state index is 0.0952. The van der Waals surface area contributed by atoms with E-state index in [1.165, 1.54) is 0 Å². The molecule has 0 aliphatic carbocycles. The van der Waals surface area contributed by atoms with E-state index in [0.717, 1.165) is 33.3 Å². The van der Waals surface area contributed by atoms with Gasteiger partial charge in [0.05, 0.1) is 22.4 Å². The maximum Gasteiger partial charge on any atom is 0.226 e. The van der Waals surface area contributed by atoms with Gasteiger partial charge in [-0.2, -0.15) is 0 Å². The Labute approximate surface area is 237 Å². The van der Waals surface area contributed by atoms with Gasteiger partial charge >= 0.3 is 0 Å². The van der Waals surface area contributed by atoms with Crippen molar-refractivity contribution in [1.82, 2.24) is 14.9 Å². The number of hydrogen-bond donors (Lipinski definition) is 2. The molecule has 2 aromatic carbocycles. The summed E-state index contributed by atoms with van der Waals surface area (Å²) < 4.78 is 2.14. The van der Waals surface area contributed by atoms with E-state index in [4.69, 9.17) is 35.4 Å². The fraction of sp³-hybridized carbons (Fsp3) is 0.207. The number of benzene rings is 2. The van der Waals surface area contributed by atoms with Gasteiger partial charge in [-0.15, -0.1) is 0 Å². The van der Waals surface area contributed by atoms with Crippen molar-refractivity contribution in [2.45, 2.75) is 32.9 Å². The first-order valence-corrected chi connectivity index (χ1v) is 13.5. The lowest BCUT2D eigenvalue weighted by Crippen LogP contribution is -2.30. The predicted molar refractivity (Wildman–Crippen MR) is 158 cm³/mol. The Hall–Kier alpha value is -3.39. The number of hydrogen-bond acceptors (Lipinski definition) is 3. The first kappa shape index (κ1) is 26.2. The maximum absolute atomic E-state index is 12.3. The van der Waals surface area contributed by atoms with E-state index in [-0.39, 0.29) is 23.9 Å². The van der Waals surface area contributed by atoms with Gasteiger partial charge in [-0.05, 0) is 85.4 Å². The van der Waals surface area contributed by atoms with Gasteiger partial charge in [0.15, 0.2) is 5.11 Å². The van der Waals surface area contributed by atoms with E-state index in [0.29, 0.717) is 15.8 Å². The molecule has 0 spiro atoms. The summed E-state index contributed by atoms with van der Waals surface area (Å²) in [6, 6.07) is 21.1. The Morgan fingerprint density at radius 1 is 1.03 bits per heavy atom. The molecule has 3 heterocycles. The van der Waals surface area contributed by atoms with E-state index >= 15 is 0 Å². The Morgan fingerprint density at radius 3 is 2.50 bits per heavy atom. The second-order valence-electron chi connectivity index (χ2n) is 9.54. The van der Waals surface area contributed by atoms with E-state index < -0.39 is 0 Å². The first-order chi connectivity index (χ1) is 18.2. The van der Waals surface area contributed by atoms with E-state index in [1.807, 2.05) is 81.6 Å². The molecule has 1 aliphatic rings. The predicted octanol–water partition coefficient (Wildman–Crippen LogP) is 7.26. The highest BCUT2D eigenvalue weighted by atomic mass is 35.5. The van der Waals surface area contributed by atoms with E-state index in [9.17, 15) is 4.79 Å². The third-order valence-corrected chi connectivity index (χ3v) is 7.67. The molecule has 1 amide bonds. The van der Waals surface area contributed by atoms with Crippen LogP contribution in [0.1, 0.15) is 42.9 Å². The third-order valence-electron chi connectivity index (χ3n) is 6.61. The topological polar surface area (TPSA) is 62.2 Å². The summed E-state index contributed by atoms with van der Waals surface area (Å²) in [5.74, 6) is -0.254. The number of thiocarbonyl (C=S) groups is 1. The summed E-state index contributed by atoms with van der Waals surface area (Å²) in [6.45, 7) is 5.67. The van der Waals surface area contributed by atoms with Crippen LogP contribution in [0, 0.1) is 12.8 Å². The highest BCUT2D eigenvalue weighted by molar-refractivity contribution is 7.80. The summed E-state index contributed by atoms with van der Waals surface area (Å²) in [5, 5.41) is 8.09. The zero-order chi connectivity index (χ0) is 27.0. The number of rotatable bonds is 6. The van der Waals surface area contributed by atoms with Crippen LogP contribution in [0.2, 0.25) is 10.0 Å². The van der Waals surface area contributed by atoms with Crippen molar-refractivity contribution in [1.29, 1.82) is 0 Å². The molecule has 1 saturated heterocycles. The molecule has 2 aromatic heterocycles. The van der Waals surface area contributed by atoms with Crippen LogP contribution in [0.25, 0.3) is 5.69 Å². The number of nitrogens with one attached hydrogen (secondary N) is 2. The van der Waals surface area contributed by atoms with Crippen LogP contribution in [0.5, 0.6) is 0 Å². The van der Waals surface area contributed by atoms with Crippen LogP contribution in [0.4, 0.5) is 11.4 Å². The number of amides is 1. The van der Waals surface area contributed by atoms with Gasteiger partial charge in [0.1, 0.15) is 6.04 Å². The van der Waals surface area contributed by atoms with Crippen LogP contribution in [0.3, 0.4) is 0 Å². The zero-order valence-corrected chi connectivity index (χ0v) is 23.5. The second-order valence-corrected chi connectivity index (χ2v) is 10.7. The number of anilines is 2. The van der Waals surface area contributed by atoms with E-state index in [2.05, 4.69) is 37.2 Å². The van der Waals surface area contributed by atoms with Gasteiger partial charge in [-0.25, -0.2) is 0 Å². The number of aryl methyl sites for hydroxylation is 1. The largest absolute Gasteiger partial charge is 0.351 e. The Kier molecular flexibility index (Phi) is 7.43. The molecule has 2 atom stereocenters. The lowest BCUT2D eigenvalue weighted by molar-refractivity contribution is -0.118. The van der Waals surface area contributed by atoms with Crippen LogP contribution in [-0.2, 0) is 4.79 Å². The summed E-state index contributed by atoms with van der Waals surface area (Å²) in [4.78, 5) is 19.0. The summed E-state index contributed by atoms with van der Waals surface area (Å²) >= 11 is 18.8. The number of carbonyl (C=O) groups is 1. The van der Waals surface area contributed by atoms with Crippen molar-refractivity contribution in [3.63, 3.8) is 0 Å². The minimum atomic E-state index is -0.240. The molecule has 0 radical (unpaired) electrons. The van der Waals surface area contributed by atoms with Crippen LogP contribution in [0.15, 0.2) is 79.1 Å². The molecular weight excluding hydrogens is 537 g/mol. The molecule has 2 N–H and O–H groups in total. The molecule has 4 aromatic rings. The molecule has 5 rings (SSSR count). The standard InChI is InChI=1S/C29H27Cl2N5OS/c1-17(2)28(37)33-23-12-10-20(16-22(23)31)36-27(26(34-29(36)38)24-7-4-5-13-32-24)25-8-6-14-35(25)19-9-11-21(30)18(3)15-19/h4-17,26-27H,1-3H3,(H,33,37)(H,34,38)/t26-,27-/m0/s1. The quantitative estimate of drug-likeness (QED) is 0.242. The van der Waals surface area contributed by atoms with Gasteiger partial charge < -0.3 is 20.1 Å². The molecule has 1 aliphatic heterocycles. The average molecular weight is 565 g/mol. The number of halogens is 2. The maximum atomic E-state index is 12.3. The summed E-state index contributed by atoms with van der Waals surface area (Å²) in [6.07, 6.45) is 3.81. The Balaban J connectivity index is 1.61. The lowest BCUT2D eigenvalue weighted by atomic mass is 10.0. The van der Waals surface area contributed by atoms with Gasteiger partial charge in [-0.3, -0.25) is 9.78 Å². The van der Waals surface area contributed by atoms with Crippen molar-refractivity contribution in [3.05, 3.63) is 106 Å². The van der Waals surface area contributed by atoms with Gasteiger partial charge in [0, 0.05) is 40.4 Å². The normalized spacial score (nSPS) is 17.1. The molecular formula is C29H27Cl2N5OS. The average Bonchev–Trinajstić information content (AvgIpc) is 3.51. The van der Waals surface area contributed by atoms with Crippen molar-refractivity contribution in [2.24, 2.45) is 5.92 Å². The second kappa shape index (κ2) is 10.8. The molecule has 6 nitrogen and oxygen atoms in total. The Bertz CT molecular complexity index is 1500. The molecule has 1 fully saturated rings. The molecule has 38 heavy (non-hydrogen) atoms. The molecule has 194 valence electrons. The monoisotopic (exact) mass is 563 g/mol. The lowest BCUT2D eigenvalue weighted by Gasteiger charge is -2.29. The first-order valence-electron chi connectivity index (χ1n) is 12.3. The number of aromatic nitrogens is 2. The molecule has 9 heteroatoms. The third kappa shape index (κ3) is 5.01. The minimum Gasteiger partial charge on any atom is -0.351 e. The van der Waals surface area contributed by atoms with Gasteiger partial charge in [0.25, 0.3) is 0 Å². The zero-order valence-electron chi connectivity index (χ0n) is 21.2. The number of nitrogens with zero attached hydrogens (tertiary/aromatic N) is 3. The molecule has 0 bridgehead atoms. The SMILES string of the molecule is Cc1cc(-n2cccc2[C@H]2[C@H](c3ccccn3)NC(=S)N2c2ccc(NC(=O)C(C)C)c(Cl)c2)ccc1Cl. The fourth-order valence-electron chi connectivity index (χ4n) is 4.61. The van der Waals surface area contributed by atoms with Gasteiger partial charge in [0.2, 0.25) is 5.91 Å².